The van der Waals surface area contributed by atoms with Crippen molar-refractivity contribution < 1.29 is 9.72 Å². The highest BCUT2D eigenvalue weighted by atomic mass is 35.5. The zero-order chi connectivity index (χ0) is 13.5. The van der Waals surface area contributed by atoms with Gasteiger partial charge in [0.1, 0.15) is 0 Å². The second kappa shape index (κ2) is 6.96. The number of hydrogen-bond donors (Lipinski definition) is 1. The Morgan fingerprint density at radius 3 is 2.78 bits per heavy atom. The van der Waals surface area contributed by atoms with Crippen molar-refractivity contribution >= 4 is 28.9 Å². The molecule has 0 atom stereocenters. The summed E-state index contributed by atoms with van der Waals surface area (Å²) in [6.45, 7) is 1.62. The molecule has 0 aromatic heterocycles. The lowest BCUT2D eigenvalue weighted by atomic mass is 10.1. The number of anilines is 1. The third kappa shape index (κ3) is 4.00. The van der Waals surface area contributed by atoms with E-state index in [2.05, 4.69) is 5.32 Å². The minimum absolute atomic E-state index is 0.00792. The highest BCUT2D eigenvalue weighted by Crippen LogP contribution is 2.25. The number of rotatable bonds is 6. The Morgan fingerprint density at radius 2 is 2.17 bits per heavy atom. The summed E-state index contributed by atoms with van der Waals surface area (Å²) in [7, 11) is 0. The molecule has 0 saturated carbocycles. The number of halogens is 1. The molecule has 18 heavy (non-hydrogen) atoms. The lowest BCUT2D eigenvalue weighted by Crippen LogP contribution is -2.12. The fourth-order valence-electron chi connectivity index (χ4n) is 1.55. The number of benzene rings is 1. The van der Waals surface area contributed by atoms with Gasteiger partial charge in [0.25, 0.3) is 5.69 Å². The average Bonchev–Trinajstić information content (AvgIpc) is 2.32. The summed E-state index contributed by atoms with van der Waals surface area (Å²) < 4.78 is 0. The Bertz CT molecular complexity index is 449. The second-order valence-corrected chi connectivity index (χ2v) is 4.28. The van der Waals surface area contributed by atoms with E-state index < -0.39 is 4.92 Å². The van der Waals surface area contributed by atoms with Gasteiger partial charge in [0.05, 0.1) is 16.2 Å². The maximum absolute atomic E-state index is 11.6. The lowest BCUT2D eigenvalue weighted by Gasteiger charge is -2.08. The van der Waals surface area contributed by atoms with Gasteiger partial charge in [0.15, 0.2) is 0 Å². The zero-order valence-corrected chi connectivity index (χ0v) is 10.9. The van der Waals surface area contributed by atoms with Crippen LogP contribution in [-0.2, 0) is 4.79 Å². The quantitative estimate of drug-likeness (QED) is 0.373. The zero-order valence-electron chi connectivity index (χ0n) is 10.1. The van der Waals surface area contributed by atoms with Crippen LogP contribution in [-0.4, -0.2) is 16.7 Å². The van der Waals surface area contributed by atoms with Crippen molar-refractivity contribution in [2.24, 2.45) is 0 Å². The average molecular weight is 271 g/mol. The van der Waals surface area contributed by atoms with Crippen molar-refractivity contribution in [3.05, 3.63) is 33.9 Å². The third-order valence-electron chi connectivity index (χ3n) is 2.56. The van der Waals surface area contributed by atoms with Crippen LogP contribution < -0.4 is 5.32 Å². The van der Waals surface area contributed by atoms with Gasteiger partial charge in [-0.2, -0.15) is 0 Å². The van der Waals surface area contributed by atoms with Crippen LogP contribution >= 0.6 is 11.6 Å². The summed E-state index contributed by atoms with van der Waals surface area (Å²) in [5, 5.41) is 13.4. The van der Waals surface area contributed by atoms with Crippen LogP contribution in [0.3, 0.4) is 0 Å². The first-order valence-corrected chi connectivity index (χ1v) is 6.19. The molecule has 1 aromatic carbocycles. The summed E-state index contributed by atoms with van der Waals surface area (Å²) in [5.74, 6) is 0.382. The molecular weight excluding hydrogens is 256 g/mol. The van der Waals surface area contributed by atoms with E-state index in [1.165, 1.54) is 6.07 Å². The Morgan fingerprint density at radius 1 is 1.44 bits per heavy atom. The van der Waals surface area contributed by atoms with Gasteiger partial charge in [-0.15, -0.1) is 11.6 Å². The number of nitro benzene ring substituents is 1. The number of unbranched alkanes of at least 4 members (excludes halogenated alkanes) is 1. The SMILES string of the molecule is Cc1c(NC(=O)CCCCCl)cccc1[N+](=O)[O-]. The van der Waals surface area contributed by atoms with Gasteiger partial charge in [0, 0.05) is 18.4 Å². The van der Waals surface area contributed by atoms with E-state index in [4.69, 9.17) is 11.6 Å². The van der Waals surface area contributed by atoms with Crippen LogP contribution in [0.1, 0.15) is 24.8 Å². The molecular formula is C12H15ClN2O3. The fourth-order valence-corrected chi connectivity index (χ4v) is 1.74. The van der Waals surface area contributed by atoms with Crippen molar-refractivity contribution in [3.63, 3.8) is 0 Å². The molecule has 0 aliphatic rings. The first-order chi connectivity index (χ1) is 8.56. The minimum atomic E-state index is -0.460. The van der Waals surface area contributed by atoms with Crippen molar-refractivity contribution in [3.8, 4) is 0 Å². The van der Waals surface area contributed by atoms with Crippen LogP contribution in [0.2, 0.25) is 0 Å². The molecule has 6 heteroatoms. The first kappa shape index (κ1) is 14.4. The molecule has 0 saturated heterocycles. The highest BCUT2D eigenvalue weighted by Gasteiger charge is 2.14. The van der Waals surface area contributed by atoms with E-state index in [0.717, 1.165) is 6.42 Å². The molecule has 5 nitrogen and oxygen atoms in total. The van der Waals surface area contributed by atoms with Crippen LogP contribution in [0.5, 0.6) is 0 Å². The maximum atomic E-state index is 11.6. The summed E-state index contributed by atoms with van der Waals surface area (Å²) in [6.07, 6.45) is 1.86. The standard InChI is InChI=1S/C12H15ClN2O3/c1-9-10(5-4-6-11(9)15(17)18)14-12(16)7-2-3-8-13/h4-6H,2-3,7-8H2,1H3,(H,14,16). The molecule has 0 spiro atoms. The van der Waals surface area contributed by atoms with E-state index in [-0.39, 0.29) is 11.6 Å². The maximum Gasteiger partial charge on any atom is 0.274 e. The van der Waals surface area contributed by atoms with Crippen LogP contribution in [0, 0.1) is 17.0 Å². The smallest absolute Gasteiger partial charge is 0.274 e. The summed E-state index contributed by atoms with van der Waals surface area (Å²) in [5.41, 5.74) is 0.960. The van der Waals surface area contributed by atoms with Crippen LogP contribution in [0.25, 0.3) is 0 Å². The van der Waals surface area contributed by atoms with Crippen molar-refractivity contribution in [1.29, 1.82) is 0 Å². The number of amides is 1. The number of nitro groups is 1. The topological polar surface area (TPSA) is 72.2 Å². The number of carbonyl (C=O) groups excluding carboxylic acids is 1. The molecule has 1 amide bonds. The fraction of sp³-hybridized carbons (Fsp3) is 0.417. The Balaban J connectivity index is 2.70. The Labute approximate surface area is 110 Å². The molecule has 0 bridgehead atoms. The molecule has 1 rings (SSSR count). The normalized spacial score (nSPS) is 10.1. The third-order valence-corrected chi connectivity index (χ3v) is 2.83. The number of hydrogen-bond acceptors (Lipinski definition) is 3. The molecule has 0 aliphatic heterocycles. The molecule has 0 radical (unpaired) electrons. The monoisotopic (exact) mass is 270 g/mol. The van der Waals surface area contributed by atoms with E-state index >= 15 is 0 Å². The van der Waals surface area contributed by atoms with Crippen LogP contribution in [0.4, 0.5) is 11.4 Å². The summed E-state index contributed by atoms with van der Waals surface area (Å²) >= 11 is 5.52. The molecule has 98 valence electrons. The van der Waals surface area contributed by atoms with Gasteiger partial charge < -0.3 is 5.32 Å². The number of nitrogens with zero attached hydrogens (tertiary/aromatic N) is 1. The molecule has 0 fully saturated rings. The largest absolute Gasteiger partial charge is 0.326 e. The number of nitrogens with one attached hydrogen (secondary N) is 1. The molecule has 1 N–H and O–H groups in total. The van der Waals surface area contributed by atoms with Gasteiger partial charge in [0.2, 0.25) is 5.91 Å². The predicted molar refractivity (Wildman–Crippen MR) is 71.0 cm³/mol. The number of alkyl halides is 1. The van der Waals surface area contributed by atoms with Gasteiger partial charge >= 0.3 is 0 Å². The van der Waals surface area contributed by atoms with Gasteiger partial charge in [-0.05, 0) is 25.8 Å². The predicted octanol–water partition coefficient (Wildman–Crippen LogP) is 3.25. The molecule has 1 aromatic rings. The molecule has 0 unspecified atom stereocenters. The second-order valence-electron chi connectivity index (χ2n) is 3.90. The van der Waals surface area contributed by atoms with Crippen molar-refractivity contribution in [2.75, 3.05) is 11.2 Å². The van der Waals surface area contributed by atoms with E-state index in [1.54, 1.807) is 19.1 Å². The molecule has 0 heterocycles. The number of carbonyl (C=O) groups is 1. The molecule has 0 aliphatic carbocycles. The highest BCUT2D eigenvalue weighted by molar-refractivity contribution is 6.17. The van der Waals surface area contributed by atoms with Crippen molar-refractivity contribution in [1.82, 2.24) is 0 Å². The van der Waals surface area contributed by atoms with Gasteiger partial charge in [-0.25, -0.2) is 0 Å². The lowest BCUT2D eigenvalue weighted by molar-refractivity contribution is -0.385. The Hall–Kier alpha value is -1.62. The van der Waals surface area contributed by atoms with Gasteiger partial charge in [-0.1, -0.05) is 6.07 Å². The van der Waals surface area contributed by atoms with Crippen LogP contribution in [0.15, 0.2) is 18.2 Å². The minimum Gasteiger partial charge on any atom is -0.326 e. The summed E-state index contributed by atoms with van der Waals surface area (Å²) in [6, 6.07) is 4.62. The summed E-state index contributed by atoms with van der Waals surface area (Å²) in [4.78, 5) is 21.9. The van der Waals surface area contributed by atoms with E-state index in [0.29, 0.717) is 30.0 Å². The van der Waals surface area contributed by atoms with Crippen molar-refractivity contribution in [2.45, 2.75) is 26.2 Å². The van der Waals surface area contributed by atoms with Gasteiger partial charge in [-0.3, -0.25) is 14.9 Å². The Kier molecular flexibility index (Phi) is 5.58. The van der Waals surface area contributed by atoms with E-state index in [9.17, 15) is 14.9 Å². The first-order valence-electron chi connectivity index (χ1n) is 5.66. The van der Waals surface area contributed by atoms with E-state index in [1.807, 2.05) is 0 Å².